The molecule has 1 heterocycles. The number of hydrogen-bond acceptors (Lipinski definition) is 3. The van der Waals surface area contributed by atoms with Crippen molar-refractivity contribution in [2.45, 2.75) is 45.1 Å². The molecule has 0 saturated carbocycles. The van der Waals surface area contributed by atoms with Crippen LogP contribution in [0.15, 0.2) is 18.2 Å². The number of nitrogens with zero attached hydrogens (tertiary/aromatic N) is 1. The van der Waals surface area contributed by atoms with Gasteiger partial charge in [-0.15, -0.1) is 0 Å². The van der Waals surface area contributed by atoms with Gasteiger partial charge < -0.3 is 15.1 Å². The van der Waals surface area contributed by atoms with Crippen LogP contribution in [0.4, 0.5) is 0 Å². The smallest absolute Gasteiger partial charge is 0.254 e. The monoisotopic (exact) mass is 263 g/mol. The summed E-state index contributed by atoms with van der Waals surface area (Å²) >= 11 is 0. The van der Waals surface area contributed by atoms with E-state index < -0.39 is 0 Å². The van der Waals surface area contributed by atoms with Crippen LogP contribution in [0.25, 0.3) is 0 Å². The molecule has 2 rings (SSSR count). The lowest BCUT2D eigenvalue weighted by molar-refractivity contribution is 0.0600. The summed E-state index contributed by atoms with van der Waals surface area (Å²) in [4.78, 5) is 14.4. The first kappa shape index (κ1) is 13.7. The maximum absolute atomic E-state index is 12.5. The van der Waals surface area contributed by atoms with Gasteiger partial charge in [0.1, 0.15) is 0 Å². The Morgan fingerprint density at radius 3 is 2.79 bits per heavy atom. The van der Waals surface area contributed by atoms with E-state index in [-0.39, 0.29) is 17.4 Å². The van der Waals surface area contributed by atoms with Crippen molar-refractivity contribution >= 4 is 5.91 Å². The maximum Gasteiger partial charge on any atom is 0.254 e. The molecular formula is C15H21NO3. The second-order valence-electron chi connectivity index (χ2n) is 5.14. The minimum Gasteiger partial charge on any atom is -0.504 e. The number of rotatable bonds is 3. The maximum atomic E-state index is 12.5. The predicted molar refractivity (Wildman–Crippen MR) is 73.4 cm³/mol. The van der Waals surface area contributed by atoms with Crippen molar-refractivity contribution in [2.75, 3.05) is 6.54 Å². The molecule has 0 radical (unpaired) electrons. The molecule has 0 spiro atoms. The van der Waals surface area contributed by atoms with Crippen LogP contribution in [0.5, 0.6) is 11.5 Å². The summed E-state index contributed by atoms with van der Waals surface area (Å²) < 4.78 is 0. The molecule has 1 aliphatic rings. The van der Waals surface area contributed by atoms with Crippen LogP contribution in [-0.2, 0) is 0 Å². The molecule has 104 valence electrons. The van der Waals surface area contributed by atoms with Gasteiger partial charge in [-0.25, -0.2) is 0 Å². The lowest BCUT2D eigenvalue weighted by atomic mass is 9.97. The van der Waals surface area contributed by atoms with Crippen molar-refractivity contribution in [3.8, 4) is 11.5 Å². The summed E-state index contributed by atoms with van der Waals surface area (Å²) in [7, 11) is 0. The molecule has 1 unspecified atom stereocenters. The van der Waals surface area contributed by atoms with Crippen LogP contribution < -0.4 is 0 Å². The van der Waals surface area contributed by atoms with Gasteiger partial charge in [-0.3, -0.25) is 4.79 Å². The minimum atomic E-state index is -0.241. The van der Waals surface area contributed by atoms with Gasteiger partial charge in [0.05, 0.1) is 0 Å². The van der Waals surface area contributed by atoms with E-state index in [0.717, 1.165) is 32.2 Å². The van der Waals surface area contributed by atoms with Gasteiger partial charge in [0, 0.05) is 18.2 Å². The lowest BCUT2D eigenvalue weighted by Crippen LogP contribution is -2.43. The first-order valence-electron chi connectivity index (χ1n) is 6.96. The second kappa shape index (κ2) is 5.95. The number of likely N-dealkylation sites (tertiary alicyclic amines) is 1. The van der Waals surface area contributed by atoms with Gasteiger partial charge in [-0.05, 0) is 43.9 Å². The summed E-state index contributed by atoms with van der Waals surface area (Å²) in [5.41, 5.74) is 0.443. The van der Waals surface area contributed by atoms with Crippen molar-refractivity contribution < 1.29 is 15.0 Å². The molecule has 4 heteroatoms. The Balaban J connectivity index is 2.18. The zero-order valence-corrected chi connectivity index (χ0v) is 11.3. The van der Waals surface area contributed by atoms with Gasteiger partial charge in [0.15, 0.2) is 11.5 Å². The number of carbonyl (C=O) groups excluding carboxylic acids is 1. The molecule has 1 amide bonds. The molecule has 0 aromatic heterocycles. The molecule has 19 heavy (non-hydrogen) atoms. The number of amides is 1. The fourth-order valence-electron chi connectivity index (χ4n) is 2.72. The largest absolute Gasteiger partial charge is 0.504 e. The number of hydrogen-bond donors (Lipinski definition) is 2. The lowest BCUT2D eigenvalue weighted by Gasteiger charge is -2.36. The molecule has 1 atom stereocenters. The SMILES string of the molecule is CCCC1CCCCN1C(=O)c1ccc(O)c(O)c1. The third-order valence-electron chi connectivity index (χ3n) is 3.73. The highest BCUT2D eigenvalue weighted by molar-refractivity contribution is 5.95. The number of aromatic hydroxyl groups is 2. The molecule has 1 fully saturated rings. The third kappa shape index (κ3) is 3.00. The number of benzene rings is 1. The molecule has 4 nitrogen and oxygen atoms in total. The Morgan fingerprint density at radius 1 is 1.32 bits per heavy atom. The van der Waals surface area contributed by atoms with Crippen LogP contribution in [0.2, 0.25) is 0 Å². The fraction of sp³-hybridized carbons (Fsp3) is 0.533. The van der Waals surface area contributed by atoms with Gasteiger partial charge in [0.25, 0.3) is 5.91 Å². The van der Waals surface area contributed by atoms with Gasteiger partial charge >= 0.3 is 0 Å². The molecule has 2 N–H and O–H groups in total. The summed E-state index contributed by atoms with van der Waals surface area (Å²) in [6.07, 6.45) is 5.36. The minimum absolute atomic E-state index is 0.0477. The summed E-state index contributed by atoms with van der Waals surface area (Å²) in [6, 6.07) is 4.58. The summed E-state index contributed by atoms with van der Waals surface area (Å²) in [6.45, 7) is 2.91. The average Bonchev–Trinajstić information content (AvgIpc) is 2.42. The Bertz CT molecular complexity index is 457. The molecule has 1 saturated heterocycles. The molecule has 0 aliphatic carbocycles. The van der Waals surface area contributed by atoms with Gasteiger partial charge in [-0.1, -0.05) is 13.3 Å². The van der Waals surface area contributed by atoms with Crippen molar-refractivity contribution in [2.24, 2.45) is 0 Å². The quantitative estimate of drug-likeness (QED) is 0.824. The van der Waals surface area contributed by atoms with Crippen LogP contribution in [0.1, 0.15) is 49.4 Å². The van der Waals surface area contributed by atoms with E-state index in [2.05, 4.69) is 6.92 Å². The zero-order chi connectivity index (χ0) is 13.8. The molecule has 1 aromatic rings. The van der Waals surface area contributed by atoms with Crippen LogP contribution in [0, 0.1) is 0 Å². The predicted octanol–water partition coefficient (Wildman–Crippen LogP) is 2.89. The van der Waals surface area contributed by atoms with Crippen molar-refractivity contribution in [1.82, 2.24) is 4.90 Å². The normalized spacial score (nSPS) is 19.4. The van der Waals surface area contributed by atoms with E-state index in [0.29, 0.717) is 11.6 Å². The van der Waals surface area contributed by atoms with Crippen LogP contribution >= 0.6 is 0 Å². The standard InChI is InChI=1S/C15H21NO3/c1-2-5-12-6-3-4-9-16(12)15(19)11-7-8-13(17)14(18)10-11/h7-8,10,12,17-18H,2-6,9H2,1H3. The fourth-order valence-corrected chi connectivity index (χ4v) is 2.72. The highest BCUT2D eigenvalue weighted by Gasteiger charge is 2.27. The van der Waals surface area contributed by atoms with E-state index in [1.54, 1.807) is 6.07 Å². The van der Waals surface area contributed by atoms with E-state index in [1.165, 1.54) is 18.6 Å². The first-order chi connectivity index (χ1) is 9.13. The van der Waals surface area contributed by atoms with Crippen molar-refractivity contribution in [3.63, 3.8) is 0 Å². The van der Waals surface area contributed by atoms with Crippen molar-refractivity contribution in [1.29, 1.82) is 0 Å². The number of phenols is 2. The van der Waals surface area contributed by atoms with E-state index in [9.17, 15) is 15.0 Å². The topological polar surface area (TPSA) is 60.8 Å². The van der Waals surface area contributed by atoms with Crippen LogP contribution in [0.3, 0.4) is 0 Å². The summed E-state index contributed by atoms with van der Waals surface area (Å²) in [5, 5.41) is 18.8. The van der Waals surface area contributed by atoms with Crippen LogP contribution in [-0.4, -0.2) is 33.6 Å². The number of phenolic OH excluding ortho intramolecular Hbond substituents is 2. The molecule has 1 aliphatic heterocycles. The highest BCUT2D eigenvalue weighted by atomic mass is 16.3. The molecule has 0 bridgehead atoms. The van der Waals surface area contributed by atoms with Gasteiger partial charge in [0.2, 0.25) is 0 Å². The number of piperidine rings is 1. The highest BCUT2D eigenvalue weighted by Crippen LogP contribution is 2.28. The first-order valence-corrected chi connectivity index (χ1v) is 6.96. The molecule has 1 aromatic carbocycles. The average molecular weight is 263 g/mol. The number of carbonyl (C=O) groups is 1. The third-order valence-corrected chi connectivity index (χ3v) is 3.73. The van der Waals surface area contributed by atoms with E-state index in [4.69, 9.17) is 0 Å². The Morgan fingerprint density at radius 2 is 2.11 bits per heavy atom. The Labute approximate surface area is 113 Å². The van der Waals surface area contributed by atoms with E-state index in [1.807, 2.05) is 4.90 Å². The Hall–Kier alpha value is -1.71. The van der Waals surface area contributed by atoms with Crippen molar-refractivity contribution in [3.05, 3.63) is 23.8 Å². The molecular weight excluding hydrogens is 242 g/mol. The van der Waals surface area contributed by atoms with Gasteiger partial charge in [-0.2, -0.15) is 0 Å². The second-order valence-corrected chi connectivity index (χ2v) is 5.14. The van der Waals surface area contributed by atoms with E-state index >= 15 is 0 Å². The Kier molecular flexibility index (Phi) is 4.30. The zero-order valence-electron chi connectivity index (χ0n) is 11.3. The summed E-state index contributed by atoms with van der Waals surface area (Å²) in [5.74, 6) is -0.483.